The molecule has 0 amide bonds. The zero-order valence-electron chi connectivity index (χ0n) is 12.8. The fourth-order valence-corrected chi connectivity index (χ4v) is 2.30. The van der Waals surface area contributed by atoms with Gasteiger partial charge in [-0.15, -0.1) is 5.10 Å². The average molecular weight is 293 g/mol. The number of nitrogens with zero attached hydrogens (tertiary/aromatic N) is 2. The van der Waals surface area contributed by atoms with E-state index in [9.17, 15) is 0 Å². The molecule has 0 aliphatic rings. The van der Waals surface area contributed by atoms with E-state index in [0.717, 1.165) is 5.56 Å². The van der Waals surface area contributed by atoms with E-state index in [1.807, 2.05) is 36.4 Å². The van der Waals surface area contributed by atoms with Gasteiger partial charge in [-0.25, -0.2) is 0 Å². The summed E-state index contributed by atoms with van der Waals surface area (Å²) in [4.78, 5) is 0. The van der Waals surface area contributed by atoms with E-state index in [4.69, 9.17) is 4.42 Å². The standard InChI is InChI=1S/C18H19N3O/c1-18(2,15-11-7-4-8-12-15)16-20-21-17(22-16)19-13-14-9-5-3-6-10-14/h3-12H,13H2,1-2H3,(H,19,21). The molecule has 3 rings (SSSR count). The molecule has 1 N–H and O–H groups in total. The Morgan fingerprint density at radius 2 is 1.55 bits per heavy atom. The molecular weight excluding hydrogens is 274 g/mol. The largest absolute Gasteiger partial charge is 0.407 e. The lowest BCUT2D eigenvalue weighted by molar-refractivity contribution is 0.420. The van der Waals surface area contributed by atoms with Crippen molar-refractivity contribution in [1.82, 2.24) is 10.2 Å². The molecule has 0 fully saturated rings. The summed E-state index contributed by atoms with van der Waals surface area (Å²) in [6.07, 6.45) is 0. The van der Waals surface area contributed by atoms with Crippen LogP contribution in [-0.4, -0.2) is 10.2 Å². The van der Waals surface area contributed by atoms with Gasteiger partial charge in [-0.1, -0.05) is 65.8 Å². The summed E-state index contributed by atoms with van der Waals surface area (Å²) in [5.74, 6) is 0.606. The molecule has 0 saturated heterocycles. The van der Waals surface area contributed by atoms with E-state index >= 15 is 0 Å². The SMILES string of the molecule is CC(C)(c1ccccc1)c1nnc(NCc2ccccc2)o1. The van der Waals surface area contributed by atoms with Gasteiger partial charge in [0.1, 0.15) is 0 Å². The molecule has 0 saturated carbocycles. The van der Waals surface area contributed by atoms with Gasteiger partial charge in [-0.2, -0.15) is 0 Å². The molecule has 1 aromatic heterocycles. The maximum atomic E-state index is 5.79. The molecule has 4 heteroatoms. The number of aromatic nitrogens is 2. The Kier molecular flexibility index (Phi) is 3.92. The molecule has 0 bridgehead atoms. The van der Waals surface area contributed by atoms with Gasteiger partial charge >= 0.3 is 6.01 Å². The monoisotopic (exact) mass is 293 g/mol. The number of hydrogen-bond acceptors (Lipinski definition) is 4. The first-order chi connectivity index (χ1) is 10.7. The van der Waals surface area contributed by atoms with E-state index in [-0.39, 0.29) is 5.41 Å². The van der Waals surface area contributed by atoms with Crippen LogP contribution in [0.2, 0.25) is 0 Å². The van der Waals surface area contributed by atoms with Crippen molar-refractivity contribution in [3.63, 3.8) is 0 Å². The Hall–Kier alpha value is -2.62. The van der Waals surface area contributed by atoms with Crippen molar-refractivity contribution in [3.05, 3.63) is 77.7 Å². The maximum Gasteiger partial charge on any atom is 0.315 e. The Labute approximate surface area is 130 Å². The normalized spacial score (nSPS) is 11.4. The molecule has 4 nitrogen and oxygen atoms in total. The van der Waals surface area contributed by atoms with Crippen LogP contribution in [0.5, 0.6) is 0 Å². The van der Waals surface area contributed by atoms with Gasteiger partial charge in [0.05, 0.1) is 5.41 Å². The summed E-state index contributed by atoms with van der Waals surface area (Å²) in [7, 11) is 0. The van der Waals surface area contributed by atoms with Gasteiger partial charge in [0.2, 0.25) is 5.89 Å². The van der Waals surface area contributed by atoms with Crippen LogP contribution >= 0.6 is 0 Å². The van der Waals surface area contributed by atoms with Crippen molar-refractivity contribution >= 4 is 6.01 Å². The van der Waals surface area contributed by atoms with Crippen LogP contribution in [0.3, 0.4) is 0 Å². The van der Waals surface area contributed by atoms with Gasteiger partial charge in [-0.05, 0) is 25.0 Å². The van der Waals surface area contributed by atoms with Crippen molar-refractivity contribution in [1.29, 1.82) is 0 Å². The predicted molar refractivity (Wildman–Crippen MR) is 86.6 cm³/mol. The van der Waals surface area contributed by atoms with Gasteiger partial charge in [0.25, 0.3) is 0 Å². The Morgan fingerprint density at radius 1 is 0.909 bits per heavy atom. The Morgan fingerprint density at radius 3 is 2.23 bits per heavy atom. The highest BCUT2D eigenvalue weighted by atomic mass is 16.4. The van der Waals surface area contributed by atoms with Gasteiger partial charge in [-0.3, -0.25) is 0 Å². The third-order valence-corrected chi connectivity index (χ3v) is 3.74. The number of hydrogen-bond donors (Lipinski definition) is 1. The highest BCUT2D eigenvalue weighted by molar-refractivity contribution is 5.31. The average Bonchev–Trinajstić information content (AvgIpc) is 3.04. The summed E-state index contributed by atoms with van der Waals surface area (Å²) in [6, 6.07) is 20.7. The lowest BCUT2D eigenvalue weighted by atomic mass is 9.85. The second-order valence-corrected chi connectivity index (χ2v) is 5.74. The van der Waals surface area contributed by atoms with Crippen LogP contribution in [-0.2, 0) is 12.0 Å². The second kappa shape index (κ2) is 6.02. The van der Waals surface area contributed by atoms with E-state index in [2.05, 4.69) is 53.6 Å². The van der Waals surface area contributed by atoms with Crippen molar-refractivity contribution in [2.75, 3.05) is 5.32 Å². The van der Waals surface area contributed by atoms with Crippen LogP contribution < -0.4 is 5.32 Å². The van der Waals surface area contributed by atoms with E-state index in [1.165, 1.54) is 5.56 Å². The molecule has 0 atom stereocenters. The molecule has 3 aromatic rings. The first-order valence-electron chi connectivity index (χ1n) is 7.33. The highest BCUT2D eigenvalue weighted by Gasteiger charge is 2.29. The van der Waals surface area contributed by atoms with Crippen molar-refractivity contribution < 1.29 is 4.42 Å². The van der Waals surface area contributed by atoms with Crippen LogP contribution in [0.25, 0.3) is 0 Å². The van der Waals surface area contributed by atoms with Crippen molar-refractivity contribution in [2.45, 2.75) is 25.8 Å². The smallest absolute Gasteiger partial charge is 0.315 e. The quantitative estimate of drug-likeness (QED) is 0.772. The lowest BCUT2D eigenvalue weighted by Gasteiger charge is -2.20. The van der Waals surface area contributed by atoms with Crippen LogP contribution in [0.1, 0.15) is 30.9 Å². The minimum atomic E-state index is -0.319. The van der Waals surface area contributed by atoms with E-state index < -0.39 is 0 Å². The van der Waals surface area contributed by atoms with Gasteiger partial charge in [0.15, 0.2) is 0 Å². The fourth-order valence-electron chi connectivity index (χ4n) is 2.30. The zero-order valence-corrected chi connectivity index (χ0v) is 12.8. The zero-order chi connectivity index (χ0) is 15.4. The van der Waals surface area contributed by atoms with Crippen molar-refractivity contribution in [3.8, 4) is 0 Å². The number of anilines is 1. The third-order valence-electron chi connectivity index (χ3n) is 3.74. The molecule has 22 heavy (non-hydrogen) atoms. The van der Waals surface area contributed by atoms with Gasteiger partial charge in [0, 0.05) is 6.54 Å². The topological polar surface area (TPSA) is 51.0 Å². The highest BCUT2D eigenvalue weighted by Crippen LogP contribution is 2.30. The molecule has 0 aliphatic heterocycles. The summed E-state index contributed by atoms with van der Waals surface area (Å²) in [5, 5.41) is 11.5. The van der Waals surface area contributed by atoms with Crippen LogP contribution in [0.15, 0.2) is 65.1 Å². The number of rotatable bonds is 5. The Bertz CT molecular complexity index is 720. The summed E-state index contributed by atoms with van der Waals surface area (Å²) in [6.45, 7) is 4.82. The molecule has 0 spiro atoms. The van der Waals surface area contributed by atoms with E-state index in [0.29, 0.717) is 18.5 Å². The number of nitrogens with one attached hydrogen (secondary N) is 1. The molecule has 112 valence electrons. The van der Waals surface area contributed by atoms with Gasteiger partial charge < -0.3 is 9.73 Å². The summed E-state index contributed by atoms with van der Waals surface area (Å²) >= 11 is 0. The lowest BCUT2D eigenvalue weighted by Crippen LogP contribution is -2.19. The minimum Gasteiger partial charge on any atom is -0.407 e. The molecule has 0 aliphatic carbocycles. The first kappa shape index (κ1) is 14.3. The summed E-state index contributed by atoms with van der Waals surface area (Å²) in [5.41, 5.74) is 2.00. The summed E-state index contributed by atoms with van der Waals surface area (Å²) < 4.78 is 5.79. The van der Waals surface area contributed by atoms with Crippen LogP contribution in [0.4, 0.5) is 6.01 Å². The fraction of sp³-hybridized carbons (Fsp3) is 0.222. The molecule has 1 heterocycles. The molecule has 2 aromatic carbocycles. The van der Waals surface area contributed by atoms with E-state index in [1.54, 1.807) is 0 Å². The maximum absolute atomic E-state index is 5.79. The molecule has 0 radical (unpaired) electrons. The second-order valence-electron chi connectivity index (χ2n) is 5.74. The van der Waals surface area contributed by atoms with Crippen LogP contribution in [0, 0.1) is 0 Å². The molecule has 0 unspecified atom stereocenters. The Balaban J connectivity index is 1.73. The van der Waals surface area contributed by atoms with Crippen molar-refractivity contribution in [2.24, 2.45) is 0 Å². The predicted octanol–water partition coefficient (Wildman–Crippen LogP) is 4.01. The molecular formula is C18H19N3O. The minimum absolute atomic E-state index is 0.319. The number of benzene rings is 2. The first-order valence-corrected chi connectivity index (χ1v) is 7.33. The third kappa shape index (κ3) is 3.01.